The second-order valence-corrected chi connectivity index (χ2v) is 8.90. The maximum atomic E-state index is 13.2. The maximum Gasteiger partial charge on any atom is 0.415 e. The molecule has 1 unspecified atom stereocenters. The summed E-state index contributed by atoms with van der Waals surface area (Å²) in [6.07, 6.45) is 0.102. The number of carbonyl (C=O) groups is 2. The third-order valence-electron chi connectivity index (χ3n) is 5.72. The smallest absolute Gasteiger partial charge is 0.415 e. The molecule has 3 aromatic carbocycles. The van der Waals surface area contributed by atoms with E-state index in [1.165, 1.54) is 12.1 Å². The molecule has 0 bridgehead atoms. The second kappa shape index (κ2) is 15.0. The van der Waals surface area contributed by atoms with Gasteiger partial charge < -0.3 is 24.2 Å². The van der Waals surface area contributed by atoms with Crippen molar-refractivity contribution >= 4 is 23.7 Å². The highest BCUT2D eigenvalue weighted by molar-refractivity contribution is 6.32. The van der Waals surface area contributed by atoms with E-state index in [1.807, 2.05) is 0 Å². The zero-order valence-electron chi connectivity index (χ0n) is 21.1. The van der Waals surface area contributed by atoms with Crippen LogP contribution in [0.2, 0.25) is 5.02 Å². The summed E-state index contributed by atoms with van der Waals surface area (Å²) >= 11 is 6.14. The summed E-state index contributed by atoms with van der Waals surface area (Å²) in [6.45, 7) is 2.95. The quantitative estimate of drug-likeness (QED) is 0.267. The van der Waals surface area contributed by atoms with Gasteiger partial charge >= 0.3 is 12.1 Å². The minimum absolute atomic E-state index is 0.213. The molecule has 0 aliphatic heterocycles. The van der Waals surface area contributed by atoms with Crippen LogP contribution in [-0.2, 0) is 22.4 Å². The lowest BCUT2D eigenvalue weighted by Gasteiger charge is -2.22. The van der Waals surface area contributed by atoms with Crippen LogP contribution >= 0.6 is 11.6 Å². The molecule has 3 rings (SSSR count). The Hall–Kier alpha value is -3.62. The summed E-state index contributed by atoms with van der Waals surface area (Å²) in [6, 6.07) is 20.1. The standard InChI is InChI=1S/C29H31ClFNO6/c1-2-36-27(28(33)34)20-22-11-15-24(16-12-22)37-19-18-32(17-5-6-21-9-13-23(31)14-10-21)29(35)38-26-8-4-3-7-25(26)30/h3-4,7-16,27H,2,5-6,17-20H2,1H3,(H,33,34). The normalized spacial score (nSPS) is 11.6. The van der Waals surface area contributed by atoms with E-state index in [1.54, 1.807) is 72.5 Å². The van der Waals surface area contributed by atoms with E-state index in [9.17, 15) is 19.1 Å². The van der Waals surface area contributed by atoms with Gasteiger partial charge in [-0.25, -0.2) is 14.0 Å². The molecule has 0 radical (unpaired) electrons. The van der Waals surface area contributed by atoms with Crippen molar-refractivity contribution in [2.45, 2.75) is 32.3 Å². The molecule has 1 amide bonds. The van der Waals surface area contributed by atoms with Crippen LogP contribution in [0.25, 0.3) is 0 Å². The second-order valence-electron chi connectivity index (χ2n) is 8.49. The molecule has 0 saturated carbocycles. The molecular formula is C29H31ClFNO6. The molecule has 202 valence electrons. The molecule has 9 heteroatoms. The average molecular weight is 544 g/mol. The Morgan fingerprint density at radius 3 is 2.32 bits per heavy atom. The van der Waals surface area contributed by atoms with Crippen LogP contribution < -0.4 is 9.47 Å². The SMILES string of the molecule is CCOC(Cc1ccc(OCCN(CCCc2ccc(F)cc2)C(=O)Oc2ccccc2Cl)cc1)C(=O)O. The number of benzene rings is 3. The number of halogens is 2. The molecule has 0 heterocycles. The highest BCUT2D eigenvalue weighted by atomic mass is 35.5. The van der Waals surface area contributed by atoms with Gasteiger partial charge in [-0.1, -0.05) is 48.0 Å². The topological polar surface area (TPSA) is 85.3 Å². The van der Waals surface area contributed by atoms with Crippen molar-refractivity contribution in [3.63, 3.8) is 0 Å². The number of carbonyl (C=O) groups excluding carboxylic acids is 1. The number of rotatable bonds is 14. The summed E-state index contributed by atoms with van der Waals surface area (Å²) in [7, 11) is 0. The van der Waals surface area contributed by atoms with Gasteiger partial charge in [0.25, 0.3) is 0 Å². The van der Waals surface area contributed by atoms with E-state index >= 15 is 0 Å². The number of carboxylic acid groups (broad SMARTS) is 1. The van der Waals surface area contributed by atoms with E-state index in [0.717, 1.165) is 11.1 Å². The van der Waals surface area contributed by atoms with E-state index in [2.05, 4.69) is 0 Å². The van der Waals surface area contributed by atoms with Gasteiger partial charge in [0.1, 0.15) is 18.2 Å². The van der Waals surface area contributed by atoms with Crippen molar-refractivity contribution in [3.8, 4) is 11.5 Å². The van der Waals surface area contributed by atoms with Crippen molar-refractivity contribution in [1.82, 2.24) is 4.90 Å². The number of ether oxygens (including phenoxy) is 3. The molecule has 7 nitrogen and oxygen atoms in total. The summed E-state index contributed by atoms with van der Waals surface area (Å²) in [4.78, 5) is 25.8. The van der Waals surface area contributed by atoms with Crippen molar-refractivity contribution < 1.29 is 33.3 Å². The third kappa shape index (κ3) is 9.36. The van der Waals surface area contributed by atoms with Crippen LogP contribution in [-0.4, -0.2) is 54.5 Å². The summed E-state index contributed by atoms with van der Waals surface area (Å²) in [5.41, 5.74) is 1.78. The van der Waals surface area contributed by atoms with E-state index in [4.69, 9.17) is 25.8 Å². The average Bonchev–Trinajstić information content (AvgIpc) is 2.90. The van der Waals surface area contributed by atoms with Gasteiger partial charge in [0.2, 0.25) is 0 Å². The lowest BCUT2D eigenvalue weighted by molar-refractivity contribution is -0.149. The summed E-state index contributed by atoms with van der Waals surface area (Å²) in [5, 5.41) is 9.60. The highest BCUT2D eigenvalue weighted by Crippen LogP contribution is 2.24. The molecular weight excluding hydrogens is 513 g/mol. The molecule has 0 spiro atoms. The van der Waals surface area contributed by atoms with Crippen LogP contribution in [0.15, 0.2) is 72.8 Å². The first-order valence-electron chi connectivity index (χ1n) is 12.4. The highest BCUT2D eigenvalue weighted by Gasteiger charge is 2.19. The lowest BCUT2D eigenvalue weighted by atomic mass is 10.1. The Labute approximate surface area is 226 Å². The van der Waals surface area contributed by atoms with Gasteiger partial charge in [-0.2, -0.15) is 0 Å². The number of nitrogens with zero attached hydrogens (tertiary/aromatic N) is 1. The van der Waals surface area contributed by atoms with Crippen LogP contribution in [0.3, 0.4) is 0 Å². The fraction of sp³-hybridized carbons (Fsp3) is 0.310. The molecule has 0 aliphatic rings. The predicted octanol–water partition coefficient (Wildman–Crippen LogP) is 6.02. The van der Waals surface area contributed by atoms with Crippen LogP contribution in [0.1, 0.15) is 24.5 Å². The molecule has 1 N–H and O–H groups in total. The molecule has 38 heavy (non-hydrogen) atoms. The minimum atomic E-state index is -1.00. The van der Waals surface area contributed by atoms with Crippen LogP contribution in [0, 0.1) is 5.82 Å². The first-order valence-corrected chi connectivity index (χ1v) is 12.8. The maximum absolute atomic E-state index is 13.2. The first-order chi connectivity index (χ1) is 18.4. The fourth-order valence-electron chi connectivity index (χ4n) is 3.73. The molecule has 1 atom stereocenters. The van der Waals surface area contributed by atoms with Crippen molar-refractivity contribution in [3.05, 3.63) is 94.8 Å². The van der Waals surface area contributed by atoms with Gasteiger partial charge in [-0.15, -0.1) is 0 Å². The number of aliphatic carboxylic acids is 1. The van der Waals surface area contributed by atoms with E-state index < -0.39 is 18.2 Å². The van der Waals surface area contributed by atoms with E-state index in [0.29, 0.717) is 36.8 Å². The van der Waals surface area contributed by atoms with Crippen LogP contribution in [0.4, 0.5) is 9.18 Å². The molecule has 0 fully saturated rings. The lowest BCUT2D eigenvalue weighted by Crippen LogP contribution is -2.37. The fourth-order valence-corrected chi connectivity index (χ4v) is 3.91. The number of carboxylic acids is 1. The van der Waals surface area contributed by atoms with Gasteiger partial charge in [0.15, 0.2) is 11.9 Å². The Morgan fingerprint density at radius 1 is 0.974 bits per heavy atom. The Kier molecular flexibility index (Phi) is 11.4. The summed E-state index contributed by atoms with van der Waals surface area (Å²) < 4.78 is 29.8. The number of para-hydroxylation sites is 1. The molecule has 3 aromatic rings. The number of aryl methyl sites for hydroxylation is 1. The molecule has 0 saturated heterocycles. The number of hydrogen-bond donors (Lipinski definition) is 1. The monoisotopic (exact) mass is 543 g/mol. The Bertz CT molecular complexity index is 1170. The van der Waals surface area contributed by atoms with Crippen molar-refractivity contribution in [2.24, 2.45) is 0 Å². The first kappa shape index (κ1) is 28.9. The van der Waals surface area contributed by atoms with Crippen molar-refractivity contribution in [1.29, 1.82) is 0 Å². The zero-order chi connectivity index (χ0) is 27.3. The predicted molar refractivity (Wildman–Crippen MR) is 142 cm³/mol. The van der Waals surface area contributed by atoms with E-state index in [-0.39, 0.29) is 31.1 Å². The van der Waals surface area contributed by atoms with Gasteiger partial charge in [-0.05, 0) is 67.3 Å². The molecule has 0 aromatic heterocycles. The minimum Gasteiger partial charge on any atom is -0.492 e. The Morgan fingerprint density at radius 2 is 1.66 bits per heavy atom. The van der Waals surface area contributed by atoms with Gasteiger partial charge in [0.05, 0.1) is 11.6 Å². The summed E-state index contributed by atoms with van der Waals surface area (Å²) in [5.74, 6) is -0.441. The number of hydrogen-bond acceptors (Lipinski definition) is 5. The van der Waals surface area contributed by atoms with Crippen molar-refractivity contribution in [2.75, 3.05) is 26.3 Å². The number of amides is 1. The third-order valence-corrected chi connectivity index (χ3v) is 6.03. The largest absolute Gasteiger partial charge is 0.492 e. The molecule has 0 aliphatic carbocycles. The van der Waals surface area contributed by atoms with Gasteiger partial charge in [0, 0.05) is 19.6 Å². The van der Waals surface area contributed by atoms with Gasteiger partial charge in [-0.3, -0.25) is 0 Å². The van der Waals surface area contributed by atoms with Crippen LogP contribution in [0.5, 0.6) is 11.5 Å². The Balaban J connectivity index is 1.57. The zero-order valence-corrected chi connectivity index (χ0v) is 21.9.